The van der Waals surface area contributed by atoms with Gasteiger partial charge in [0.2, 0.25) is 0 Å². The Kier molecular flexibility index (Phi) is 0.567. The molecule has 4 heteroatoms. The first-order valence-electron chi connectivity index (χ1n) is 1.48. The number of carbonyl (C=O) groups excluding carboxylic acids is 1. The Labute approximate surface area is 34.3 Å². The molecule has 0 aromatic heterocycles. The van der Waals surface area contributed by atoms with E-state index < -0.39 is 6.03 Å². The molecule has 0 saturated heterocycles. The van der Waals surface area contributed by atoms with Crippen LogP contribution >= 0.6 is 0 Å². The van der Waals surface area contributed by atoms with E-state index in [1.165, 1.54) is 0 Å². The molecule has 1 rings (SSSR count). The zero-order chi connectivity index (χ0) is 4.41. The van der Waals surface area contributed by atoms with Crippen LogP contribution in [0, 0.1) is 0 Å². The van der Waals surface area contributed by atoms with Gasteiger partial charge in [0.25, 0.3) is 0 Å². The van der Waals surface area contributed by atoms with E-state index in [9.17, 15) is 4.79 Å². The van der Waals surface area contributed by atoms with Crippen LogP contribution in [-0.4, -0.2) is 12.7 Å². The molecule has 0 fully saturated rings. The predicted molar refractivity (Wildman–Crippen MR) is 17.3 cm³/mol. The highest BCUT2D eigenvalue weighted by atomic mass is 16.2. The van der Waals surface area contributed by atoms with E-state index in [-0.39, 0.29) is 6.67 Å². The van der Waals surface area contributed by atoms with Gasteiger partial charge in [0.1, 0.15) is 0 Å². The molecule has 0 saturated carbocycles. The van der Waals surface area contributed by atoms with E-state index in [0.29, 0.717) is 0 Å². The SMILES string of the molecule is O=C1[N]CN=N1. The number of azo groups is 1. The molecule has 1 aliphatic rings. The molecular formula is C2H2N3O. The van der Waals surface area contributed by atoms with E-state index in [4.69, 9.17) is 0 Å². The van der Waals surface area contributed by atoms with Gasteiger partial charge in [0.05, 0.1) is 0 Å². The minimum absolute atomic E-state index is 0.221. The Morgan fingerprint density at radius 1 is 1.67 bits per heavy atom. The summed E-state index contributed by atoms with van der Waals surface area (Å²) in [6.07, 6.45) is 0. The molecule has 4 nitrogen and oxygen atoms in total. The van der Waals surface area contributed by atoms with Crippen molar-refractivity contribution in [3.8, 4) is 0 Å². The number of hydrogen-bond acceptors (Lipinski definition) is 2. The van der Waals surface area contributed by atoms with Crippen molar-refractivity contribution in [3.63, 3.8) is 0 Å². The molecule has 2 amide bonds. The quantitative estimate of drug-likeness (QED) is 0.411. The van der Waals surface area contributed by atoms with Crippen molar-refractivity contribution < 1.29 is 4.79 Å². The largest absolute Gasteiger partial charge is 0.382 e. The lowest BCUT2D eigenvalue weighted by molar-refractivity contribution is 0.251. The average molecular weight is 84.1 g/mol. The molecule has 1 radical (unpaired) electrons. The molecule has 0 aromatic carbocycles. The second-order valence-electron chi connectivity index (χ2n) is 0.824. The van der Waals surface area contributed by atoms with Crippen LogP contribution in [0.25, 0.3) is 0 Å². The lowest BCUT2D eigenvalue weighted by Crippen LogP contribution is -2.01. The zero-order valence-electron chi connectivity index (χ0n) is 2.96. The van der Waals surface area contributed by atoms with Crippen LogP contribution in [0.1, 0.15) is 0 Å². The lowest BCUT2D eigenvalue weighted by Gasteiger charge is -1.69. The highest BCUT2D eigenvalue weighted by molar-refractivity contribution is 5.74. The summed E-state index contributed by atoms with van der Waals surface area (Å²) in [5.74, 6) is 0. The minimum atomic E-state index is -0.463. The van der Waals surface area contributed by atoms with Gasteiger partial charge >= 0.3 is 6.03 Å². The van der Waals surface area contributed by atoms with Crippen molar-refractivity contribution >= 4 is 6.03 Å². The maximum absolute atomic E-state index is 9.82. The second-order valence-corrected chi connectivity index (χ2v) is 0.824. The van der Waals surface area contributed by atoms with Crippen molar-refractivity contribution in [2.24, 2.45) is 10.2 Å². The molecule has 0 aliphatic carbocycles. The van der Waals surface area contributed by atoms with Crippen LogP contribution in [0.3, 0.4) is 0 Å². The van der Waals surface area contributed by atoms with Crippen molar-refractivity contribution in [1.82, 2.24) is 5.32 Å². The van der Waals surface area contributed by atoms with Crippen LogP contribution in [0.4, 0.5) is 4.79 Å². The van der Waals surface area contributed by atoms with Gasteiger partial charge in [-0.1, -0.05) is 5.11 Å². The van der Waals surface area contributed by atoms with E-state index >= 15 is 0 Å². The fourth-order valence-corrected chi connectivity index (χ4v) is 0.216. The molecular weight excluding hydrogens is 82.0 g/mol. The third-order valence-electron chi connectivity index (χ3n) is 0.425. The van der Waals surface area contributed by atoms with E-state index in [0.717, 1.165) is 0 Å². The van der Waals surface area contributed by atoms with Crippen LogP contribution in [0.15, 0.2) is 10.2 Å². The number of rotatable bonds is 0. The maximum atomic E-state index is 9.82. The first-order valence-corrected chi connectivity index (χ1v) is 1.48. The Hall–Kier alpha value is -0.930. The Morgan fingerprint density at radius 3 is 2.67 bits per heavy atom. The summed E-state index contributed by atoms with van der Waals surface area (Å²) in [5, 5.41) is 9.59. The summed E-state index contributed by atoms with van der Waals surface area (Å²) >= 11 is 0. The first kappa shape index (κ1) is 3.27. The van der Waals surface area contributed by atoms with Crippen LogP contribution < -0.4 is 5.32 Å². The smallest absolute Gasteiger partial charge is 0.242 e. The predicted octanol–water partition coefficient (Wildman–Crippen LogP) is 0.134. The average Bonchev–Trinajstić information content (AvgIpc) is 1.86. The van der Waals surface area contributed by atoms with Gasteiger partial charge < -0.3 is 0 Å². The third-order valence-corrected chi connectivity index (χ3v) is 0.425. The third kappa shape index (κ3) is 0.357. The zero-order valence-corrected chi connectivity index (χ0v) is 2.96. The van der Waals surface area contributed by atoms with Crippen molar-refractivity contribution in [2.45, 2.75) is 0 Å². The van der Waals surface area contributed by atoms with Gasteiger partial charge in [0, 0.05) is 0 Å². The number of urea groups is 1. The number of hydrogen-bond donors (Lipinski definition) is 0. The second kappa shape index (κ2) is 1.04. The maximum Gasteiger partial charge on any atom is 0.382 e. The van der Waals surface area contributed by atoms with Gasteiger partial charge in [0.15, 0.2) is 6.67 Å². The van der Waals surface area contributed by atoms with E-state index in [1.807, 2.05) is 0 Å². The number of amides is 2. The summed E-state index contributed by atoms with van der Waals surface area (Å²) in [4.78, 5) is 9.82. The molecule has 0 atom stereocenters. The van der Waals surface area contributed by atoms with Crippen LogP contribution in [0.2, 0.25) is 0 Å². The molecule has 1 heterocycles. The fraction of sp³-hybridized carbons (Fsp3) is 0.500. The summed E-state index contributed by atoms with van der Waals surface area (Å²) in [7, 11) is 0. The van der Waals surface area contributed by atoms with Crippen molar-refractivity contribution in [2.75, 3.05) is 6.67 Å². The summed E-state index contributed by atoms with van der Waals surface area (Å²) in [6, 6.07) is -0.463. The molecule has 0 spiro atoms. The highest BCUT2D eigenvalue weighted by Gasteiger charge is 2.02. The van der Waals surface area contributed by atoms with Crippen LogP contribution in [-0.2, 0) is 0 Å². The lowest BCUT2D eigenvalue weighted by atomic mass is 11.0. The normalized spacial score (nSPS) is 18.3. The number of nitrogens with zero attached hydrogens (tertiary/aromatic N) is 3. The standard InChI is InChI=1S/C2H2N3O/c6-2-3-1-4-5-2/h1H2. The molecule has 0 N–H and O–H groups in total. The summed E-state index contributed by atoms with van der Waals surface area (Å²) in [5.41, 5.74) is 0. The van der Waals surface area contributed by atoms with Gasteiger partial charge in [-0.15, -0.1) is 0 Å². The molecule has 0 aromatic rings. The Bertz CT molecular complexity index is 97.0. The van der Waals surface area contributed by atoms with Gasteiger partial charge in [-0.05, 0) is 0 Å². The van der Waals surface area contributed by atoms with E-state index in [1.54, 1.807) is 0 Å². The molecule has 0 unspecified atom stereocenters. The summed E-state index contributed by atoms with van der Waals surface area (Å²) in [6.45, 7) is 0.221. The number of carbonyl (C=O) groups is 1. The van der Waals surface area contributed by atoms with Crippen LogP contribution in [0.5, 0.6) is 0 Å². The van der Waals surface area contributed by atoms with Gasteiger partial charge in [-0.2, -0.15) is 5.11 Å². The van der Waals surface area contributed by atoms with Crippen molar-refractivity contribution in [3.05, 3.63) is 0 Å². The topological polar surface area (TPSA) is 55.9 Å². The highest BCUT2D eigenvalue weighted by Crippen LogP contribution is 1.86. The Balaban J connectivity index is 2.59. The monoisotopic (exact) mass is 84.0 g/mol. The first-order chi connectivity index (χ1) is 2.89. The molecule has 0 bridgehead atoms. The van der Waals surface area contributed by atoms with Crippen molar-refractivity contribution in [1.29, 1.82) is 0 Å². The molecule has 1 aliphatic heterocycles. The van der Waals surface area contributed by atoms with Gasteiger partial charge in [-0.3, -0.25) is 0 Å². The fourth-order valence-electron chi connectivity index (χ4n) is 0.216. The Morgan fingerprint density at radius 2 is 2.50 bits per heavy atom. The van der Waals surface area contributed by atoms with Gasteiger partial charge in [-0.25, -0.2) is 10.1 Å². The minimum Gasteiger partial charge on any atom is -0.242 e. The van der Waals surface area contributed by atoms with E-state index in [2.05, 4.69) is 15.5 Å². The molecule has 6 heavy (non-hydrogen) atoms. The summed E-state index contributed by atoms with van der Waals surface area (Å²) < 4.78 is 0. The molecule has 31 valence electrons.